The topological polar surface area (TPSA) is 9.23 Å². The van der Waals surface area contributed by atoms with Crippen molar-refractivity contribution >= 4 is 0 Å². The van der Waals surface area contributed by atoms with Crippen molar-refractivity contribution in [3.8, 4) is 5.75 Å². The van der Waals surface area contributed by atoms with Gasteiger partial charge in [0, 0.05) is 0 Å². The van der Waals surface area contributed by atoms with E-state index in [9.17, 15) is 0 Å². The van der Waals surface area contributed by atoms with Crippen molar-refractivity contribution in [3.63, 3.8) is 0 Å². The standard InChI is InChI=1S/C22H34O/c1-3-4-5-8-19-11-13-20(14-12-19)9-6-7-10-21-15-17-22(23-2)18-16-21/h6,9,15-20H,3-5,7-8,10-14H2,1-2H3/b9-6+. The van der Waals surface area contributed by atoms with Crippen molar-refractivity contribution in [2.75, 3.05) is 7.11 Å². The van der Waals surface area contributed by atoms with Gasteiger partial charge in [-0.2, -0.15) is 0 Å². The molecule has 0 N–H and O–H groups in total. The van der Waals surface area contributed by atoms with E-state index < -0.39 is 0 Å². The Morgan fingerprint density at radius 3 is 2.43 bits per heavy atom. The summed E-state index contributed by atoms with van der Waals surface area (Å²) in [4.78, 5) is 0. The summed E-state index contributed by atoms with van der Waals surface area (Å²) in [5, 5.41) is 0. The van der Waals surface area contributed by atoms with E-state index in [-0.39, 0.29) is 0 Å². The molecule has 1 heteroatoms. The van der Waals surface area contributed by atoms with Crippen LogP contribution >= 0.6 is 0 Å². The van der Waals surface area contributed by atoms with Gasteiger partial charge in [0.1, 0.15) is 5.75 Å². The molecule has 1 aromatic rings. The Kier molecular flexibility index (Phi) is 8.28. The second-order valence-corrected chi connectivity index (χ2v) is 7.09. The maximum atomic E-state index is 5.20. The number of unbranched alkanes of at least 4 members (excludes halogenated alkanes) is 2. The minimum absolute atomic E-state index is 0.841. The van der Waals surface area contributed by atoms with E-state index in [0.29, 0.717) is 0 Å². The summed E-state index contributed by atoms with van der Waals surface area (Å²) in [5.41, 5.74) is 1.40. The fourth-order valence-corrected chi connectivity index (χ4v) is 3.68. The lowest BCUT2D eigenvalue weighted by Gasteiger charge is -2.26. The van der Waals surface area contributed by atoms with Gasteiger partial charge < -0.3 is 4.74 Å². The normalized spacial score (nSPS) is 21.7. The van der Waals surface area contributed by atoms with Gasteiger partial charge in [-0.15, -0.1) is 0 Å². The van der Waals surface area contributed by atoms with Gasteiger partial charge in [-0.1, -0.05) is 56.9 Å². The first-order chi connectivity index (χ1) is 11.3. The summed E-state index contributed by atoms with van der Waals surface area (Å²) >= 11 is 0. The van der Waals surface area contributed by atoms with Crippen LogP contribution in [0.4, 0.5) is 0 Å². The zero-order chi connectivity index (χ0) is 16.3. The minimum atomic E-state index is 0.841. The predicted octanol–water partition coefficient (Wildman–Crippen LogP) is 6.57. The van der Waals surface area contributed by atoms with E-state index in [4.69, 9.17) is 4.74 Å². The molecule has 0 aromatic heterocycles. The average molecular weight is 315 g/mol. The van der Waals surface area contributed by atoms with E-state index in [2.05, 4.69) is 43.3 Å². The van der Waals surface area contributed by atoms with Crippen molar-refractivity contribution in [1.82, 2.24) is 0 Å². The Morgan fingerprint density at radius 2 is 1.78 bits per heavy atom. The number of hydrogen-bond donors (Lipinski definition) is 0. The van der Waals surface area contributed by atoms with Gasteiger partial charge in [0.15, 0.2) is 0 Å². The Hall–Kier alpha value is -1.24. The van der Waals surface area contributed by atoms with Crippen LogP contribution in [0.15, 0.2) is 36.4 Å². The zero-order valence-corrected chi connectivity index (χ0v) is 15.1. The van der Waals surface area contributed by atoms with Gasteiger partial charge in [-0.25, -0.2) is 0 Å². The second kappa shape index (κ2) is 10.5. The van der Waals surface area contributed by atoms with Crippen LogP contribution in [0.2, 0.25) is 0 Å². The van der Waals surface area contributed by atoms with Crippen LogP contribution in [-0.2, 0) is 6.42 Å². The molecular formula is C22H34O. The van der Waals surface area contributed by atoms with Crippen LogP contribution in [0.3, 0.4) is 0 Å². The molecule has 0 bridgehead atoms. The fourth-order valence-electron chi connectivity index (χ4n) is 3.68. The van der Waals surface area contributed by atoms with E-state index in [1.165, 1.54) is 56.9 Å². The molecule has 1 aromatic carbocycles. The third kappa shape index (κ3) is 6.81. The monoisotopic (exact) mass is 314 g/mol. The summed E-state index contributed by atoms with van der Waals surface area (Å²) < 4.78 is 5.20. The first-order valence-electron chi connectivity index (χ1n) is 9.61. The van der Waals surface area contributed by atoms with Crippen LogP contribution in [0, 0.1) is 11.8 Å². The Balaban J connectivity index is 1.61. The third-order valence-corrected chi connectivity index (χ3v) is 5.27. The average Bonchev–Trinajstić information content (AvgIpc) is 2.61. The number of methoxy groups -OCH3 is 1. The van der Waals surface area contributed by atoms with Gasteiger partial charge in [-0.3, -0.25) is 0 Å². The number of ether oxygens (including phenoxy) is 1. The van der Waals surface area contributed by atoms with Crippen LogP contribution in [0.25, 0.3) is 0 Å². The molecule has 0 spiro atoms. The first-order valence-corrected chi connectivity index (χ1v) is 9.61. The quantitative estimate of drug-likeness (QED) is 0.370. The smallest absolute Gasteiger partial charge is 0.118 e. The second-order valence-electron chi connectivity index (χ2n) is 7.09. The molecule has 1 aliphatic carbocycles. The molecule has 0 aliphatic heterocycles. The van der Waals surface area contributed by atoms with Crippen molar-refractivity contribution in [2.45, 2.75) is 71.1 Å². The molecule has 1 nitrogen and oxygen atoms in total. The van der Waals surface area contributed by atoms with E-state index in [1.54, 1.807) is 7.11 Å². The zero-order valence-electron chi connectivity index (χ0n) is 15.1. The maximum Gasteiger partial charge on any atom is 0.118 e. The highest BCUT2D eigenvalue weighted by Gasteiger charge is 2.18. The number of aryl methyl sites for hydroxylation is 1. The van der Waals surface area contributed by atoms with Crippen molar-refractivity contribution in [2.24, 2.45) is 11.8 Å². The van der Waals surface area contributed by atoms with Gasteiger partial charge >= 0.3 is 0 Å². The molecule has 0 amide bonds. The third-order valence-electron chi connectivity index (χ3n) is 5.27. The number of benzene rings is 1. The summed E-state index contributed by atoms with van der Waals surface area (Å²) in [6, 6.07) is 8.46. The highest BCUT2D eigenvalue weighted by atomic mass is 16.5. The van der Waals surface area contributed by atoms with E-state index in [0.717, 1.165) is 30.4 Å². The molecule has 0 saturated heterocycles. The molecule has 1 fully saturated rings. The lowest BCUT2D eigenvalue weighted by atomic mass is 9.79. The van der Waals surface area contributed by atoms with Gasteiger partial charge in [0.2, 0.25) is 0 Å². The lowest BCUT2D eigenvalue weighted by Crippen LogP contribution is -2.13. The van der Waals surface area contributed by atoms with Gasteiger partial charge in [-0.05, 0) is 68.1 Å². The fraction of sp³-hybridized carbons (Fsp3) is 0.636. The van der Waals surface area contributed by atoms with Crippen LogP contribution in [0.1, 0.15) is 70.3 Å². The molecule has 0 heterocycles. The Labute approximate surface area is 143 Å². The van der Waals surface area contributed by atoms with Crippen molar-refractivity contribution in [3.05, 3.63) is 42.0 Å². The lowest BCUT2D eigenvalue weighted by molar-refractivity contribution is 0.289. The first kappa shape index (κ1) is 18.1. The number of hydrogen-bond acceptors (Lipinski definition) is 1. The van der Waals surface area contributed by atoms with E-state index >= 15 is 0 Å². The summed E-state index contributed by atoms with van der Waals surface area (Å²) in [6.45, 7) is 2.30. The molecule has 2 rings (SSSR count). The van der Waals surface area contributed by atoms with Gasteiger partial charge in [0.05, 0.1) is 7.11 Å². The molecule has 0 unspecified atom stereocenters. The Bertz CT molecular complexity index is 438. The molecule has 0 radical (unpaired) electrons. The summed E-state index contributed by atoms with van der Waals surface area (Å²) in [6.07, 6.45) is 18.6. The maximum absolute atomic E-state index is 5.20. The molecule has 1 aliphatic rings. The molecule has 23 heavy (non-hydrogen) atoms. The predicted molar refractivity (Wildman–Crippen MR) is 100 cm³/mol. The number of allylic oxidation sites excluding steroid dienone is 2. The van der Waals surface area contributed by atoms with E-state index in [1.807, 2.05) is 0 Å². The van der Waals surface area contributed by atoms with Crippen molar-refractivity contribution < 1.29 is 4.74 Å². The minimum Gasteiger partial charge on any atom is -0.497 e. The highest BCUT2D eigenvalue weighted by Crippen LogP contribution is 2.32. The Morgan fingerprint density at radius 1 is 1.04 bits per heavy atom. The van der Waals surface area contributed by atoms with Gasteiger partial charge in [0.25, 0.3) is 0 Å². The summed E-state index contributed by atoms with van der Waals surface area (Å²) in [5.74, 6) is 2.80. The molecular weight excluding hydrogens is 280 g/mol. The molecule has 1 saturated carbocycles. The molecule has 128 valence electrons. The largest absolute Gasteiger partial charge is 0.497 e. The van der Waals surface area contributed by atoms with Crippen molar-refractivity contribution in [1.29, 1.82) is 0 Å². The van der Waals surface area contributed by atoms with Crippen LogP contribution < -0.4 is 4.74 Å². The van der Waals surface area contributed by atoms with Crippen LogP contribution in [0.5, 0.6) is 5.75 Å². The summed E-state index contributed by atoms with van der Waals surface area (Å²) in [7, 11) is 1.72. The SMILES string of the molecule is CCCCCC1CCC(/C=C/CCc2ccc(OC)cc2)CC1. The highest BCUT2D eigenvalue weighted by molar-refractivity contribution is 5.27. The van der Waals surface area contributed by atoms with Crippen LogP contribution in [-0.4, -0.2) is 7.11 Å². The molecule has 0 atom stereocenters. The number of rotatable bonds is 9.